The van der Waals surface area contributed by atoms with Gasteiger partial charge in [0.25, 0.3) is 5.91 Å². The number of fused-ring (bicyclic) bond motifs is 1. The van der Waals surface area contributed by atoms with Gasteiger partial charge < -0.3 is 15.8 Å². The third-order valence-corrected chi connectivity index (χ3v) is 6.35. The average Bonchev–Trinajstić information content (AvgIpc) is 3.16. The number of nitrogens with one attached hydrogen (secondary N) is 2. The second-order valence-corrected chi connectivity index (χ2v) is 8.35. The summed E-state index contributed by atoms with van der Waals surface area (Å²) < 4.78 is 5.04. The number of esters is 1. The highest BCUT2D eigenvalue weighted by Crippen LogP contribution is 2.39. The molecule has 154 valence electrons. The molecular weight excluding hydrogens is 418 g/mol. The third kappa shape index (κ3) is 4.95. The summed E-state index contributed by atoms with van der Waals surface area (Å²) in [6, 6.07) is 2.22. The van der Waals surface area contributed by atoms with Crippen molar-refractivity contribution in [1.29, 1.82) is 0 Å². The normalized spacial score (nSPS) is 20.9. The van der Waals surface area contributed by atoms with Crippen LogP contribution in [0, 0.1) is 0 Å². The van der Waals surface area contributed by atoms with Gasteiger partial charge >= 0.3 is 12.0 Å². The fourth-order valence-electron chi connectivity index (χ4n) is 2.86. The van der Waals surface area contributed by atoms with Crippen LogP contribution in [0.1, 0.15) is 11.8 Å². The molecular formula is C17H19N5O5S2. The molecule has 2 aliphatic heterocycles. The van der Waals surface area contributed by atoms with Crippen LogP contribution in [0.15, 0.2) is 33.9 Å². The second-order valence-electron chi connectivity index (χ2n) is 6.21. The Balaban J connectivity index is 1.71. The van der Waals surface area contributed by atoms with Gasteiger partial charge in [-0.05, 0) is 11.4 Å². The maximum atomic E-state index is 12.7. The molecule has 0 radical (unpaired) electrons. The summed E-state index contributed by atoms with van der Waals surface area (Å²) in [7, 11) is 0. The van der Waals surface area contributed by atoms with E-state index in [-0.39, 0.29) is 30.2 Å². The van der Waals surface area contributed by atoms with Crippen LogP contribution in [0.5, 0.6) is 0 Å². The molecule has 0 spiro atoms. The SMILES string of the molecule is CC(=O)OCC1=C(/C=N/NC(N)=O)N2C(=O)[C@@H](NC(=O)Cc3cccs3)[C@H]2SC1. The number of rotatable bonds is 7. The minimum absolute atomic E-state index is 0.00778. The molecule has 4 N–H and O–H groups in total. The first-order valence-corrected chi connectivity index (χ1v) is 10.5. The molecule has 10 nitrogen and oxygen atoms in total. The number of primary amides is 1. The van der Waals surface area contributed by atoms with E-state index in [0.29, 0.717) is 17.0 Å². The van der Waals surface area contributed by atoms with Crippen molar-refractivity contribution in [1.82, 2.24) is 15.6 Å². The van der Waals surface area contributed by atoms with Crippen molar-refractivity contribution in [2.24, 2.45) is 10.8 Å². The number of allylic oxidation sites excluding steroid dienone is 1. The number of thioether (sulfide) groups is 1. The number of ether oxygens (including phenoxy) is 1. The Hall–Kier alpha value is -2.86. The molecule has 2 aliphatic rings. The van der Waals surface area contributed by atoms with E-state index >= 15 is 0 Å². The van der Waals surface area contributed by atoms with Crippen LogP contribution in [-0.2, 0) is 25.5 Å². The van der Waals surface area contributed by atoms with E-state index in [1.165, 1.54) is 41.1 Å². The van der Waals surface area contributed by atoms with Gasteiger partial charge in [0.2, 0.25) is 5.91 Å². The highest BCUT2D eigenvalue weighted by atomic mass is 32.2. The summed E-state index contributed by atoms with van der Waals surface area (Å²) in [5.41, 5.74) is 8.14. The van der Waals surface area contributed by atoms with Crippen LogP contribution < -0.4 is 16.5 Å². The second kappa shape index (κ2) is 9.09. The zero-order chi connectivity index (χ0) is 21.0. The van der Waals surface area contributed by atoms with Crippen LogP contribution in [0.4, 0.5) is 4.79 Å². The lowest BCUT2D eigenvalue weighted by atomic mass is 10.0. The molecule has 0 saturated carbocycles. The van der Waals surface area contributed by atoms with Crippen molar-refractivity contribution in [2.45, 2.75) is 24.8 Å². The van der Waals surface area contributed by atoms with Crippen molar-refractivity contribution in [2.75, 3.05) is 12.4 Å². The summed E-state index contributed by atoms with van der Waals surface area (Å²) in [6.45, 7) is 1.28. The van der Waals surface area contributed by atoms with Crippen LogP contribution in [0.2, 0.25) is 0 Å². The van der Waals surface area contributed by atoms with Gasteiger partial charge in [-0.2, -0.15) is 5.10 Å². The van der Waals surface area contributed by atoms with E-state index in [1.807, 2.05) is 17.5 Å². The van der Waals surface area contributed by atoms with Crippen molar-refractivity contribution in [3.63, 3.8) is 0 Å². The summed E-state index contributed by atoms with van der Waals surface area (Å²) in [6.07, 6.45) is 1.50. The van der Waals surface area contributed by atoms with Crippen molar-refractivity contribution >= 4 is 53.1 Å². The number of nitrogens with two attached hydrogens (primary N) is 1. The molecule has 3 heterocycles. The Morgan fingerprint density at radius 2 is 2.24 bits per heavy atom. The smallest absolute Gasteiger partial charge is 0.332 e. The number of hydrogen-bond donors (Lipinski definition) is 3. The molecule has 29 heavy (non-hydrogen) atoms. The zero-order valence-electron chi connectivity index (χ0n) is 15.4. The molecule has 3 rings (SSSR count). The monoisotopic (exact) mass is 437 g/mol. The van der Waals surface area contributed by atoms with E-state index < -0.39 is 18.0 Å². The van der Waals surface area contributed by atoms with E-state index in [9.17, 15) is 19.2 Å². The van der Waals surface area contributed by atoms with E-state index in [1.54, 1.807) is 0 Å². The fourth-order valence-corrected chi connectivity index (χ4v) is 4.91. The quantitative estimate of drug-likeness (QED) is 0.240. The molecule has 2 atom stereocenters. The number of urea groups is 1. The lowest BCUT2D eigenvalue weighted by Gasteiger charge is -2.49. The average molecular weight is 438 g/mol. The molecule has 1 aromatic heterocycles. The summed E-state index contributed by atoms with van der Waals surface area (Å²) in [5.74, 6) is -0.518. The molecule has 0 unspecified atom stereocenters. The first-order chi connectivity index (χ1) is 13.9. The first kappa shape index (κ1) is 20.9. The van der Waals surface area contributed by atoms with Crippen molar-refractivity contribution < 1.29 is 23.9 Å². The highest BCUT2D eigenvalue weighted by molar-refractivity contribution is 8.00. The molecule has 0 aromatic carbocycles. The first-order valence-electron chi connectivity index (χ1n) is 8.57. The van der Waals surface area contributed by atoms with Gasteiger partial charge in [0, 0.05) is 23.1 Å². The van der Waals surface area contributed by atoms with Crippen molar-refractivity contribution in [3.8, 4) is 0 Å². The fraction of sp³-hybridized carbons (Fsp3) is 0.353. The van der Waals surface area contributed by atoms with Crippen LogP contribution in [0.25, 0.3) is 0 Å². The van der Waals surface area contributed by atoms with E-state index in [2.05, 4.69) is 15.8 Å². The van der Waals surface area contributed by atoms with Crippen molar-refractivity contribution in [3.05, 3.63) is 33.7 Å². The molecule has 1 aromatic rings. The minimum atomic E-state index is -0.848. The van der Waals surface area contributed by atoms with Gasteiger partial charge in [0.05, 0.1) is 18.3 Å². The Labute approximate surface area is 174 Å². The van der Waals surface area contributed by atoms with Gasteiger partial charge in [-0.1, -0.05) is 6.07 Å². The highest BCUT2D eigenvalue weighted by Gasteiger charge is 2.52. The van der Waals surface area contributed by atoms with Gasteiger partial charge in [0.15, 0.2) is 0 Å². The number of carbonyl (C=O) groups excluding carboxylic acids is 4. The van der Waals surface area contributed by atoms with Crippen LogP contribution in [-0.4, -0.2) is 58.7 Å². The molecule has 0 bridgehead atoms. The molecule has 1 saturated heterocycles. The summed E-state index contributed by atoms with van der Waals surface area (Å²) in [5, 5.41) is 8.07. The topological polar surface area (TPSA) is 143 Å². The number of thiophene rings is 1. The Morgan fingerprint density at radius 1 is 1.45 bits per heavy atom. The molecule has 4 amide bonds. The van der Waals surface area contributed by atoms with E-state index in [4.69, 9.17) is 10.5 Å². The summed E-state index contributed by atoms with van der Waals surface area (Å²) in [4.78, 5) is 49.3. The number of β-lactam (4-membered cyclic amide) rings is 1. The maximum absolute atomic E-state index is 12.7. The standard InChI is InChI=1S/C17H19N5O5S2/c1-9(23)27-7-10-8-29-16-14(20-13(24)5-11-3-2-4-28-11)15(25)22(16)12(10)6-19-21-17(18)26/h2-4,6,14,16H,5,7-8H2,1H3,(H,20,24)(H3,18,21,26)/b19-6+/t14-,16-/m1/s1. The number of amides is 4. The van der Waals surface area contributed by atoms with Crippen LogP contribution in [0.3, 0.4) is 0 Å². The van der Waals surface area contributed by atoms with Crippen LogP contribution >= 0.6 is 23.1 Å². The van der Waals surface area contributed by atoms with Gasteiger partial charge in [-0.3, -0.25) is 19.3 Å². The molecule has 1 fully saturated rings. The minimum Gasteiger partial charge on any atom is -0.461 e. The lowest BCUT2D eigenvalue weighted by molar-refractivity contribution is -0.145. The lowest BCUT2D eigenvalue weighted by Crippen LogP contribution is -2.70. The summed E-state index contributed by atoms with van der Waals surface area (Å²) >= 11 is 2.92. The van der Waals surface area contributed by atoms with Gasteiger partial charge in [0.1, 0.15) is 18.0 Å². The Bertz CT molecular complexity index is 883. The number of hydrazone groups is 1. The third-order valence-electron chi connectivity index (χ3n) is 4.14. The Morgan fingerprint density at radius 3 is 2.90 bits per heavy atom. The largest absolute Gasteiger partial charge is 0.461 e. The molecule has 0 aliphatic carbocycles. The Kier molecular flexibility index (Phi) is 6.54. The predicted octanol–water partition coefficient (Wildman–Crippen LogP) is 0.162. The maximum Gasteiger partial charge on any atom is 0.332 e. The van der Waals surface area contributed by atoms with E-state index in [0.717, 1.165) is 4.88 Å². The van der Waals surface area contributed by atoms with Gasteiger partial charge in [-0.25, -0.2) is 10.2 Å². The number of hydrogen-bond acceptors (Lipinski definition) is 8. The van der Waals surface area contributed by atoms with Gasteiger partial charge in [-0.15, -0.1) is 23.1 Å². The number of carbonyl (C=O) groups is 4. The predicted molar refractivity (Wildman–Crippen MR) is 108 cm³/mol. The molecule has 12 heteroatoms. The number of nitrogens with zero attached hydrogens (tertiary/aromatic N) is 2. The zero-order valence-corrected chi connectivity index (χ0v) is 17.0.